The summed E-state index contributed by atoms with van der Waals surface area (Å²) in [6.07, 6.45) is -1.11. The first kappa shape index (κ1) is 21.9. The van der Waals surface area contributed by atoms with Crippen molar-refractivity contribution in [1.29, 1.82) is 0 Å². The van der Waals surface area contributed by atoms with Crippen LogP contribution in [0.1, 0.15) is 37.7 Å². The minimum atomic E-state index is -4.11. The number of alkyl halides is 3. The fourth-order valence-electron chi connectivity index (χ4n) is 4.82. The Kier molecular flexibility index (Phi) is 7.44. The van der Waals surface area contributed by atoms with Gasteiger partial charge in [-0.05, 0) is 42.7 Å². The Morgan fingerprint density at radius 2 is 1.90 bits per heavy atom. The van der Waals surface area contributed by atoms with Crippen molar-refractivity contribution in [1.82, 2.24) is 15.1 Å². The second-order valence-corrected chi connectivity index (χ2v) is 8.35. The Bertz CT molecular complexity index is 662. The SMILES string of the molecule is CCC1CN(C(=NC)NCC2CCN(CC(F)(F)F)C2)CCC1c1ccccc1. The standard InChI is InChI=1S/C22H33F3N4/c1-3-18-15-29(12-10-20(18)19-7-5-4-6-8-19)21(26-2)27-13-17-9-11-28(14-17)16-22(23,24)25/h4-8,17-18,20H,3,9-16H2,1-2H3,(H,26,27). The Balaban J connectivity index is 1.51. The molecule has 1 aromatic carbocycles. The molecule has 2 aliphatic rings. The van der Waals surface area contributed by atoms with Gasteiger partial charge in [0.15, 0.2) is 5.96 Å². The molecule has 162 valence electrons. The largest absolute Gasteiger partial charge is 0.401 e. The molecular weight excluding hydrogens is 377 g/mol. The van der Waals surface area contributed by atoms with Gasteiger partial charge in [0.2, 0.25) is 0 Å². The summed E-state index contributed by atoms with van der Waals surface area (Å²) in [5.41, 5.74) is 1.41. The van der Waals surface area contributed by atoms with E-state index in [2.05, 4.69) is 52.5 Å². The van der Waals surface area contributed by atoms with Gasteiger partial charge in [0.25, 0.3) is 0 Å². The lowest BCUT2D eigenvalue weighted by molar-refractivity contribution is -0.143. The molecular formula is C22H33F3N4. The number of likely N-dealkylation sites (tertiary alicyclic amines) is 2. The Hall–Kier alpha value is -1.76. The second-order valence-electron chi connectivity index (χ2n) is 8.35. The number of guanidine groups is 1. The van der Waals surface area contributed by atoms with Crippen LogP contribution in [0, 0.1) is 11.8 Å². The number of aliphatic imine (C=N–C) groups is 1. The van der Waals surface area contributed by atoms with Crippen molar-refractivity contribution in [3.8, 4) is 0 Å². The Labute approximate surface area is 172 Å². The van der Waals surface area contributed by atoms with Gasteiger partial charge in [-0.3, -0.25) is 9.89 Å². The molecule has 1 N–H and O–H groups in total. The topological polar surface area (TPSA) is 30.9 Å². The molecule has 0 aliphatic carbocycles. The number of piperidine rings is 1. The van der Waals surface area contributed by atoms with Gasteiger partial charge in [-0.15, -0.1) is 0 Å². The third-order valence-corrected chi connectivity index (χ3v) is 6.32. The van der Waals surface area contributed by atoms with Gasteiger partial charge >= 0.3 is 6.18 Å². The zero-order valence-corrected chi connectivity index (χ0v) is 17.5. The first-order valence-corrected chi connectivity index (χ1v) is 10.7. The molecule has 0 bridgehead atoms. The first-order valence-electron chi connectivity index (χ1n) is 10.7. The number of benzene rings is 1. The highest BCUT2D eigenvalue weighted by Gasteiger charge is 2.35. The van der Waals surface area contributed by atoms with Crippen molar-refractivity contribution in [2.75, 3.05) is 46.3 Å². The monoisotopic (exact) mass is 410 g/mol. The van der Waals surface area contributed by atoms with Crippen LogP contribution in [0.25, 0.3) is 0 Å². The van der Waals surface area contributed by atoms with Crippen molar-refractivity contribution in [3.63, 3.8) is 0 Å². The van der Waals surface area contributed by atoms with Gasteiger partial charge < -0.3 is 10.2 Å². The summed E-state index contributed by atoms with van der Waals surface area (Å²) >= 11 is 0. The van der Waals surface area contributed by atoms with Crippen LogP contribution in [-0.2, 0) is 0 Å². The molecule has 4 nitrogen and oxygen atoms in total. The van der Waals surface area contributed by atoms with E-state index >= 15 is 0 Å². The summed E-state index contributed by atoms with van der Waals surface area (Å²) in [6, 6.07) is 10.7. The molecule has 2 saturated heterocycles. The highest BCUT2D eigenvalue weighted by atomic mass is 19.4. The fourth-order valence-corrected chi connectivity index (χ4v) is 4.82. The predicted octanol–water partition coefficient (Wildman–Crippen LogP) is 3.96. The van der Waals surface area contributed by atoms with Crippen LogP contribution in [-0.4, -0.2) is 68.3 Å². The molecule has 3 rings (SSSR count). The molecule has 0 amide bonds. The lowest BCUT2D eigenvalue weighted by Crippen LogP contribution is -2.49. The maximum absolute atomic E-state index is 12.6. The molecule has 2 heterocycles. The predicted molar refractivity (Wildman–Crippen MR) is 111 cm³/mol. The summed E-state index contributed by atoms with van der Waals surface area (Å²) in [7, 11) is 1.79. The highest BCUT2D eigenvalue weighted by Crippen LogP contribution is 2.34. The molecule has 3 atom stereocenters. The molecule has 0 aromatic heterocycles. The van der Waals surface area contributed by atoms with Crippen LogP contribution in [0.4, 0.5) is 13.2 Å². The van der Waals surface area contributed by atoms with E-state index in [0.717, 1.165) is 38.3 Å². The number of hydrogen-bond acceptors (Lipinski definition) is 2. The van der Waals surface area contributed by atoms with E-state index in [1.165, 1.54) is 10.5 Å². The van der Waals surface area contributed by atoms with Crippen LogP contribution >= 0.6 is 0 Å². The zero-order valence-electron chi connectivity index (χ0n) is 17.5. The molecule has 2 fully saturated rings. The number of nitrogens with one attached hydrogen (secondary N) is 1. The summed E-state index contributed by atoms with van der Waals surface area (Å²) < 4.78 is 37.8. The molecule has 1 aromatic rings. The van der Waals surface area contributed by atoms with Crippen molar-refractivity contribution in [2.45, 2.75) is 38.3 Å². The lowest BCUT2D eigenvalue weighted by Gasteiger charge is -2.40. The number of hydrogen-bond donors (Lipinski definition) is 1. The average Bonchev–Trinajstić information content (AvgIpc) is 3.14. The van der Waals surface area contributed by atoms with E-state index in [0.29, 0.717) is 31.5 Å². The van der Waals surface area contributed by atoms with Crippen molar-refractivity contribution in [3.05, 3.63) is 35.9 Å². The third-order valence-electron chi connectivity index (χ3n) is 6.32. The van der Waals surface area contributed by atoms with Crippen LogP contribution < -0.4 is 5.32 Å². The van der Waals surface area contributed by atoms with Gasteiger partial charge in [0.1, 0.15) is 0 Å². The van der Waals surface area contributed by atoms with Crippen LogP contribution in [0.3, 0.4) is 0 Å². The maximum atomic E-state index is 12.6. The first-order chi connectivity index (χ1) is 13.9. The van der Waals surface area contributed by atoms with E-state index in [-0.39, 0.29) is 5.92 Å². The fraction of sp³-hybridized carbons (Fsp3) is 0.682. The molecule has 0 radical (unpaired) electrons. The minimum absolute atomic E-state index is 0.234. The third kappa shape index (κ3) is 6.11. The number of halogens is 3. The highest BCUT2D eigenvalue weighted by molar-refractivity contribution is 5.80. The van der Waals surface area contributed by atoms with Crippen molar-refractivity contribution < 1.29 is 13.2 Å². The Morgan fingerprint density at radius 1 is 1.14 bits per heavy atom. The van der Waals surface area contributed by atoms with Crippen molar-refractivity contribution >= 4 is 5.96 Å². The lowest BCUT2D eigenvalue weighted by atomic mass is 9.79. The van der Waals surface area contributed by atoms with Gasteiger partial charge in [-0.2, -0.15) is 13.2 Å². The minimum Gasteiger partial charge on any atom is -0.356 e. The quantitative estimate of drug-likeness (QED) is 0.589. The van der Waals surface area contributed by atoms with E-state index in [4.69, 9.17) is 0 Å². The van der Waals surface area contributed by atoms with Crippen molar-refractivity contribution in [2.24, 2.45) is 16.8 Å². The zero-order chi connectivity index (χ0) is 20.9. The normalized spacial score (nSPS) is 26.7. The summed E-state index contributed by atoms with van der Waals surface area (Å²) in [6.45, 7) is 5.04. The van der Waals surface area contributed by atoms with E-state index in [9.17, 15) is 13.2 Å². The van der Waals surface area contributed by atoms with Crippen LogP contribution in [0.15, 0.2) is 35.3 Å². The summed E-state index contributed by atoms with van der Waals surface area (Å²) in [4.78, 5) is 8.28. The van der Waals surface area contributed by atoms with Gasteiger partial charge in [0.05, 0.1) is 6.54 Å². The van der Waals surface area contributed by atoms with Gasteiger partial charge in [-0.1, -0.05) is 43.7 Å². The Morgan fingerprint density at radius 3 is 2.55 bits per heavy atom. The van der Waals surface area contributed by atoms with Crippen LogP contribution in [0.5, 0.6) is 0 Å². The van der Waals surface area contributed by atoms with E-state index < -0.39 is 12.7 Å². The molecule has 0 saturated carbocycles. The van der Waals surface area contributed by atoms with Gasteiger partial charge in [0, 0.05) is 33.2 Å². The van der Waals surface area contributed by atoms with Gasteiger partial charge in [-0.25, -0.2) is 0 Å². The second kappa shape index (κ2) is 9.83. The summed E-state index contributed by atoms with van der Waals surface area (Å²) in [5, 5.41) is 3.43. The molecule has 3 unspecified atom stereocenters. The average molecular weight is 411 g/mol. The van der Waals surface area contributed by atoms with Crippen LogP contribution in [0.2, 0.25) is 0 Å². The molecule has 0 spiro atoms. The molecule has 7 heteroatoms. The molecule has 29 heavy (non-hydrogen) atoms. The molecule has 2 aliphatic heterocycles. The maximum Gasteiger partial charge on any atom is 0.401 e. The summed E-state index contributed by atoms with van der Waals surface area (Å²) in [5.74, 6) is 2.25. The smallest absolute Gasteiger partial charge is 0.356 e. The van der Waals surface area contributed by atoms with E-state index in [1.807, 2.05) is 0 Å². The number of nitrogens with zero attached hydrogens (tertiary/aromatic N) is 3. The van der Waals surface area contributed by atoms with E-state index in [1.54, 1.807) is 7.05 Å². The number of rotatable bonds is 5.